The summed E-state index contributed by atoms with van der Waals surface area (Å²) in [6, 6.07) is -0.482. The van der Waals surface area contributed by atoms with E-state index in [0.29, 0.717) is 93.7 Å². The summed E-state index contributed by atoms with van der Waals surface area (Å²) >= 11 is 1.82. The van der Waals surface area contributed by atoms with Crippen LogP contribution in [0.15, 0.2) is 54.6 Å². The fourth-order valence-corrected chi connectivity index (χ4v) is 14.5. The summed E-state index contributed by atoms with van der Waals surface area (Å²) in [5.74, 6) is -16.2. The number of aromatic hydroxyl groups is 1. The first-order valence-corrected chi connectivity index (χ1v) is 41.5. The lowest BCUT2D eigenvalue weighted by Gasteiger charge is -2.28. The van der Waals surface area contributed by atoms with Gasteiger partial charge >= 0.3 is 12.0 Å². The summed E-state index contributed by atoms with van der Waals surface area (Å²) in [5.41, 5.74) is 22.7. The second kappa shape index (κ2) is 54.4. The third kappa shape index (κ3) is 40.7. The number of phenolic OH excluding ortho intramolecular Hbond substituents is 1. The molecule has 0 radical (unpaired) electrons. The normalized spacial score (nSPS) is 16.3. The van der Waals surface area contributed by atoms with Gasteiger partial charge < -0.3 is 123 Å². The van der Waals surface area contributed by atoms with Crippen molar-refractivity contribution >= 4 is 124 Å². The molecule has 0 unspecified atom stereocenters. The number of amides is 19. The number of nitrogens with one attached hydrogen (secondary N) is 16. The van der Waals surface area contributed by atoms with Crippen molar-refractivity contribution in [2.24, 2.45) is 28.9 Å². The molecule has 2 aliphatic heterocycles. The van der Waals surface area contributed by atoms with Crippen LogP contribution in [0.4, 0.5) is 4.79 Å². The largest absolute Gasteiger partial charge is 0.508 e. The van der Waals surface area contributed by atoms with E-state index in [4.69, 9.17) is 22.9 Å². The molecule has 0 spiro atoms. The first kappa shape index (κ1) is 102. The van der Waals surface area contributed by atoms with Gasteiger partial charge in [0.05, 0.1) is 44.2 Å². The number of nitrogens with two attached hydrogens (primary N) is 4. The fourth-order valence-electron chi connectivity index (χ4n) is 12.9. The molecule has 19 amide bonds. The van der Waals surface area contributed by atoms with Gasteiger partial charge in [-0.1, -0.05) is 69.2 Å². The summed E-state index contributed by atoms with van der Waals surface area (Å²) < 4.78 is 0. The number of primary amides is 3. The molecule has 670 valence electrons. The molecule has 0 saturated carbocycles. The summed E-state index contributed by atoms with van der Waals surface area (Å²) in [6.45, 7) is 4.50. The Morgan fingerprint density at radius 1 is 0.463 bits per heavy atom. The van der Waals surface area contributed by atoms with Crippen molar-refractivity contribution in [1.29, 1.82) is 0 Å². The molecule has 2 fully saturated rings. The molecule has 0 aromatic heterocycles. The average molecular weight is 1720 g/mol. The van der Waals surface area contributed by atoms with E-state index in [0.717, 1.165) is 25.5 Å². The zero-order chi connectivity index (χ0) is 89.7. The van der Waals surface area contributed by atoms with E-state index in [1.165, 1.54) is 31.2 Å². The molecule has 0 bridgehead atoms. The van der Waals surface area contributed by atoms with E-state index < -0.39 is 219 Å². The maximum Gasteiger partial charge on any atom is 0.315 e. The standard InChI is InChI=1S/C78H120N20O22S/c1-43(2)35-53(73(115)93-55(37-47-24-26-48(101)27-25-47)75(117)94-54(36-46-17-7-5-8-18-46)74(116)90-51(28-30-59(80)102)71(113)87-39-63(106)86-40-64(107)89-49(69(82)111)19-12-14-32-79)92-76(118)56(38-60(81)103)95-72(114)52(29-31-66(109)110)91-77(119)67(44(3)99)97-65(108)41-85-62(105)22-9-6-15-34-84-70(112)50(88-45(4)100)20-13-16-33-83-61(104)23-11-10-21-58-68-57(42-121-58)96-78(120)98-68/h5,7-8,17-18,24-27,43-44,49-58,67-68,99,101H,6,9-16,19-23,28-42,79H2,1-4H3,(H2,80,102)(H2,81,103)(H2,82,111)(H,83,104)(H,84,112)(H,85,105)(H,86,106)(H,87,113)(H,88,100)(H,89,107)(H,90,116)(H,91,119)(H,92,118)(H,93,115)(H,94,117)(H,95,114)(H,97,108)(H,109,110)(H2,96,98,120)/t44-,49+,50+,51+,52+,53+,54+,55+,56+,57+,58+,67+,68+/m1/s1. The van der Waals surface area contributed by atoms with Crippen LogP contribution in [0.3, 0.4) is 0 Å². The fraction of sp³-hybridized carbons (Fsp3) is 0.603. The molecule has 2 aliphatic rings. The molecule has 0 aliphatic carbocycles. The lowest BCUT2D eigenvalue weighted by atomic mass is 9.99. The Labute approximate surface area is 704 Å². The smallest absolute Gasteiger partial charge is 0.315 e. The molecular formula is C78H120N20O22S. The summed E-state index contributed by atoms with van der Waals surface area (Å²) in [7, 11) is 0. The third-order valence-electron chi connectivity index (χ3n) is 19.3. The number of benzene rings is 2. The Balaban J connectivity index is 1.37. The van der Waals surface area contributed by atoms with Crippen molar-refractivity contribution in [3.05, 3.63) is 65.7 Å². The minimum Gasteiger partial charge on any atom is -0.508 e. The molecule has 2 saturated heterocycles. The van der Waals surface area contributed by atoms with E-state index in [9.17, 15) is 106 Å². The predicted octanol–water partition coefficient (Wildman–Crippen LogP) is -5.36. The number of urea groups is 1. The number of aliphatic hydroxyl groups is 1. The van der Waals surface area contributed by atoms with Gasteiger partial charge in [-0.2, -0.15) is 11.8 Å². The molecule has 2 aromatic rings. The van der Waals surface area contributed by atoms with Crippen molar-refractivity contribution in [2.75, 3.05) is 45.0 Å². The molecule has 43 heteroatoms. The van der Waals surface area contributed by atoms with Gasteiger partial charge in [0.2, 0.25) is 100 Å². The van der Waals surface area contributed by atoms with Crippen molar-refractivity contribution in [3.8, 4) is 5.75 Å². The molecule has 42 nitrogen and oxygen atoms in total. The topological polar surface area (TPSA) is 682 Å². The van der Waals surface area contributed by atoms with Crippen LogP contribution in [-0.2, 0) is 99.1 Å². The van der Waals surface area contributed by atoms with Crippen molar-refractivity contribution in [1.82, 2.24) is 85.1 Å². The van der Waals surface area contributed by atoms with Crippen LogP contribution in [0.25, 0.3) is 0 Å². The maximum atomic E-state index is 14.8. The summed E-state index contributed by atoms with van der Waals surface area (Å²) in [4.78, 5) is 249. The van der Waals surface area contributed by atoms with E-state index in [2.05, 4.69) is 85.1 Å². The highest BCUT2D eigenvalue weighted by Crippen LogP contribution is 2.33. The average Bonchev–Trinajstić information content (AvgIpc) is 1.67. The Hall–Kier alpha value is -11.8. The zero-order valence-corrected chi connectivity index (χ0v) is 69.4. The van der Waals surface area contributed by atoms with Crippen LogP contribution in [0.5, 0.6) is 5.75 Å². The van der Waals surface area contributed by atoms with Crippen molar-refractivity contribution in [2.45, 2.75) is 247 Å². The molecule has 13 atom stereocenters. The number of carbonyl (C=O) groups is 19. The molecular weight excluding hydrogens is 1600 g/mol. The van der Waals surface area contributed by atoms with Gasteiger partial charge in [-0.05, 0) is 126 Å². The van der Waals surface area contributed by atoms with Gasteiger partial charge in [-0.15, -0.1) is 0 Å². The van der Waals surface area contributed by atoms with E-state index in [-0.39, 0.29) is 68.4 Å². The van der Waals surface area contributed by atoms with Crippen LogP contribution < -0.4 is 108 Å². The molecule has 4 rings (SSSR count). The number of carboxylic acids is 1. The number of hydrogen-bond acceptors (Lipinski definition) is 23. The Morgan fingerprint density at radius 3 is 1.56 bits per heavy atom. The number of carboxylic acid groups (broad SMARTS) is 1. The second-order valence-electron chi connectivity index (χ2n) is 30.1. The molecule has 121 heavy (non-hydrogen) atoms. The number of aliphatic carboxylic acids is 1. The number of thioether (sulfide) groups is 1. The first-order valence-electron chi connectivity index (χ1n) is 40.4. The van der Waals surface area contributed by atoms with Crippen molar-refractivity contribution < 1.29 is 106 Å². The van der Waals surface area contributed by atoms with E-state index >= 15 is 0 Å². The number of hydrogen-bond donors (Lipinski definition) is 23. The lowest BCUT2D eigenvalue weighted by molar-refractivity contribution is -0.139. The van der Waals surface area contributed by atoms with Gasteiger partial charge in [0.1, 0.15) is 60.1 Å². The maximum absolute atomic E-state index is 14.8. The number of carbonyl (C=O) groups excluding carboxylic acids is 18. The number of aliphatic hydroxyl groups excluding tert-OH is 1. The van der Waals surface area contributed by atoms with Gasteiger partial charge in [0.15, 0.2) is 0 Å². The Kier molecular flexibility index (Phi) is 45.7. The van der Waals surface area contributed by atoms with Gasteiger partial charge in [-0.25, -0.2) is 4.79 Å². The number of fused-ring (bicyclic) bond motifs is 1. The predicted molar refractivity (Wildman–Crippen MR) is 439 cm³/mol. The Morgan fingerprint density at radius 2 is 0.959 bits per heavy atom. The van der Waals surface area contributed by atoms with Crippen LogP contribution >= 0.6 is 11.8 Å². The number of phenols is 1. The number of rotatable bonds is 59. The highest BCUT2D eigenvalue weighted by atomic mass is 32.2. The van der Waals surface area contributed by atoms with Crippen LogP contribution in [0.1, 0.15) is 167 Å². The summed E-state index contributed by atoms with van der Waals surface area (Å²) in [6.07, 6.45) is 0.608. The van der Waals surface area contributed by atoms with Gasteiger partial charge in [-0.3, -0.25) is 86.3 Å². The monoisotopic (exact) mass is 1720 g/mol. The minimum atomic E-state index is -1.98. The highest BCUT2D eigenvalue weighted by molar-refractivity contribution is 8.00. The first-order chi connectivity index (χ1) is 57.4. The van der Waals surface area contributed by atoms with Crippen LogP contribution in [0.2, 0.25) is 0 Å². The van der Waals surface area contributed by atoms with E-state index in [1.54, 1.807) is 44.2 Å². The molecule has 2 aromatic carbocycles. The SMILES string of the molecule is CC(=O)N[C@@H](CCCCNC(=O)CCCC[C@@H]1SC[C@@H]2NC(=O)N[C@@H]21)C(=O)NCCCCCC(=O)NCC(=O)N[C@H](C(=O)N[C@@H](CCC(=O)O)C(=O)N[C@@H](CC(N)=O)C(=O)N[C@@H](CC(C)C)C(=O)N[C@@H](Cc1ccc(O)cc1)C(=O)N[C@@H](Cc1ccccc1)C(=O)N[C@@H](CCC(N)=O)C(=O)NCC(=O)NCC(=O)N[C@@H](CCCCN)C(N)=O)[C@@H](C)O. The zero-order valence-electron chi connectivity index (χ0n) is 68.6. The van der Waals surface area contributed by atoms with Crippen molar-refractivity contribution in [3.63, 3.8) is 0 Å². The quantitative estimate of drug-likeness (QED) is 0.0217. The van der Waals surface area contributed by atoms with Crippen LogP contribution in [-0.4, -0.2) is 251 Å². The summed E-state index contributed by atoms with van der Waals surface area (Å²) in [5, 5.41) is 71.3. The van der Waals surface area contributed by atoms with E-state index in [1.807, 2.05) is 11.8 Å². The third-order valence-corrected chi connectivity index (χ3v) is 20.8. The highest BCUT2D eigenvalue weighted by Gasteiger charge is 2.43. The van der Waals surface area contributed by atoms with Crippen LogP contribution in [0, 0.1) is 5.92 Å². The Bertz CT molecular complexity index is 3860. The lowest BCUT2D eigenvalue weighted by Crippen LogP contribution is -2.61. The molecule has 27 N–H and O–H groups in total. The van der Waals surface area contributed by atoms with Gasteiger partial charge in [0.25, 0.3) is 0 Å². The minimum absolute atomic E-state index is 0.0753. The second-order valence-corrected chi connectivity index (χ2v) is 31.4. The number of unbranched alkanes of at least 4 members (excludes halogenated alkanes) is 5. The molecule has 2 heterocycles. The van der Waals surface area contributed by atoms with Gasteiger partial charge in [0, 0.05) is 69.5 Å².